The molecule has 0 aromatic heterocycles. The van der Waals surface area contributed by atoms with Crippen LogP contribution < -0.4 is 10.4 Å². The van der Waals surface area contributed by atoms with E-state index >= 15 is 0 Å². The van der Waals surface area contributed by atoms with Crippen molar-refractivity contribution in [1.29, 1.82) is 0 Å². The first-order valence-electron chi connectivity index (χ1n) is 11.0. The number of rotatable bonds is 12. The second kappa shape index (κ2) is 11.6. The fourth-order valence-electron chi connectivity index (χ4n) is 3.93. The van der Waals surface area contributed by atoms with Gasteiger partial charge in [-0.2, -0.15) is 0 Å². The Morgan fingerprint density at radius 3 is 1.77 bits per heavy atom. The average Bonchev–Trinajstić information content (AvgIpc) is 2.74. The second-order valence-corrected chi connectivity index (χ2v) is 13.4. The van der Waals surface area contributed by atoms with Gasteiger partial charge in [-0.15, -0.1) is 6.58 Å². The molecule has 0 spiro atoms. The number of hydrogen-bond donors (Lipinski definition) is 0. The third kappa shape index (κ3) is 6.50. The van der Waals surface area contributed by atoms with Gasteiger partial charge in [0.05, 0.1) is 18.8 Å². The molecule has 3 nitrogen and oxygen atoms in total. The van der Waals surface area contributed by atoms with Crippen LogP contribution >= 0.6 is 0 Å². The van der Waals surface area contributed by atoms with Gasteiger partial charge in [0.2, 0.25) is 0 Å². The van der Waals surface area contributed by atoms with E-state index in [1.54, 1.807) is 6.08 Å². The number of hydrogen-bond acceptors (Lipinski definition) is 3. The summed E-state index contributed by atoms with van der Waals surface area (Å²) in [5.74, 6) is 0. The summed E-state index contributed by atoms with van der Waals surface area (Å²) in [7, 11) is -2.62. The molecule has 1 unspecified atom stereocenters. The Morgan fingerprint density at radius 2 is 1.39 bits per heavy atom. The topological polar surface area (TPSA) is 27.7 Å². The fourth-order valence-corrected chi connectivity index (χ4v) is 8.52. The molecule has 0 aliphatic rings. The van der Waals surface area contributed by atoms with Gasteiger partial charge in [-0.1, -0.05) is 94.1 Å². The maximum Gasteiger partial charge on any atom is 0.261 e. The monoisotopic (exact) mass is 438 g/mol. The van der Waals surface area contributed by atoms with E-state index in [-0.39, 0.29) is 17.2 Å². The maximum absolute atomic E-state index is 7.01. The minimum atomic E-state index is -2.62. The Balaban J connectivity index is 2.42. The SMILES string of the molecule is C=CC[C@H](CO[Si](c1ccccc1)(c1ccccc1)C(C)(C)C)OC(C=C)OC(C)C. The lowest BCUT2D eigenvalue weighted by atomic mass is 10.2. The Kier molecular flexibility index (Phi) is 9.45. The minimum absolute atomic E-state index is 0.0463. The summed E-state index contributed by atoms with van der Waals surface area (Å²) in [6.45, 7) is 19.0. The highest BCUT2D eigenvalue weighted by molar-refractivity contribution is 6.99. The van der Waals surface area contributed by atoms with E-state index in [1.807, 2.05) is 19.9 Å². The molecule has 0 N–H and O–H groups in total. The van der Waals surface area contributed by atoms with Crippen LogP contribution in [-0.4, -0.2) is 33.4 Å². The lowest BCUT2D eigenvalue weighted by Gasteiger charge is -2.43. The molecular formula is C27H38O3Si. The molecule has 0 bridgehead atoms. The maximum atomic E-state index is 7.01. The lowest BCUT2D eigenvalue weighted by molar-refractivity contribution is -0.166. The smallest absolute Gasteiger partial charge is 0.261 e. The van der Waals surface area contributed by atoms with Crippen molar-refractivity contribution in [2.45, 2.75) is 64.6 Å². The summed E-state index contributed by atoms with van der Waals surface area (Å²) in [4.78, 5) is 0. The van der Waals surface area contributed by atoms with Gasteiger partial charge >= 0.3 is 0 Å². The average molecular weight is 439 g/mol. The van der Waals surface area contributed by atoms with Gasteiger partial charge < -0.3 is 13.9 Å². The van der Waals surface area contributed by atoms with Gasteiger partial charge in [-0.05, 0) is 41.8 Å². The van der Waals surface area contributed by atoms with Crippen LogP contribution in [0.25, 0.3) is 0 Å². The summed E-state index contributed by atoms with van der Waals surface area (Å²) in [6.07, 6.45) is 3.62. The normalized spacial score (nSPS) is 14.3. The van der Waals surface area contributed by atoms with E-state index in [0.29, 0.717) is 13.0 Å². The van der Waals surface area contributed by atoms with Gasteiger partial charge in [0.15, 0.2) is 6.29 Å². The first-order valence-corrected chi connectivity index (χ1v) is 12.9. The molecule has 31 heavy (non-hydrogen) atoms. The van der Waals surface area contributed by atoms with Crippen molar-refractivity contribution in [2.75, 3.05) is 6.61 Å². The molecule has 0 aliphatic carbocycles. The Bertz CT molecular complexity index is 757. The Hall–Kier alpha value is -1.98. The number of ether oxygens (including phenoxy) is 2. The second-order valence-electron chi connectivity index (χ2n) is 9.05. The first kappa shape index (κ1) is 25.3. The van der Waals surface area contributed by atoms with Gasteiger partial charge in [0.25, 0.3) is 8.32 Å². The Labute approximate surface area is 189 Å². The van der Waals surface area contributed by atoms with E-state index in [0.717, 1.165) is 0 Å². The van der Waals surface area contributed by atoms with Crippen LogP contribution in [0.5, 0.6) is 0 Å². The molecule has 0 aliphatic heterocycles. The minimum Gasteiger partial charge on any atom is -0.405 e. The zero-order valence-electron chi connectivity index (χ0n) is 19.7. The van der Waals surface area contributed by atoms with Crippen LogP contribution in [0.4, 0.5) is 0 Å². The fraction of sp³-hybridized carbons (Fsp3) is 0.407. The van der Waals surface area contributed by atoms with Crippen LogP contribution in [0, 0.1) is 0 Å². The van der Waals surface area contributed by atoms with Crippen molar-refractivity contribution in [3.8, 4) is 0 Å². The first-order chi connectivity index (χ1) is 14.7. The molecule has 4 heteroatoms. The van der Waals surface area contributed by atoms with Crippen LogP contribution in [-0.2, 0) is 13.9 Å². The zero-order chi connectivity index (χ0) is 22.9. The predicted molar refractivity (Wildman–Crippen MR) is 133 cm³/mol. The highest BCUT2D eigenvalue weighted by atomic mass is 28.4. The van der Waals surface area contributed by atoms with Crippen LogP contribution in [0.3, 0.4) is 0 Å². The lowest BCUT2D eigenvalue weighted by Crippen LogP contribution is -2.67. The molecule has 0 saturated carbocycles. The van der Waals surface area contributed by atoms with Crippen LogP contribution in [0.1, 0.15) is 41.0 Å². The summed E-state index contributed by atoms with van der Waals surface area (Å²) in [6, 6.07) is 21.3. The molecule has 2 aromatic carbocycles. The van der Waals surface area contributed by atoms with Gasteiger partial charge in [0, 0.05) is 0 Å². The van der Waals surface area contributed by atoms with E-state index in [4.69, 9.17) is 13.9 Å². The molecule has 0 fully saturated rings. The van der Waals surface area contributed by atoms with Gasteiger partial charge in [0.1, 0.15) is 0 Å². The largest absolute Gasteiger partial charge is 0.405 e. The van der Waals surface area contributed by atoms with Crippen molar-refractivity contribution in [2.24, 2.45) is 0 Å². The van der Waals surface area contributed by atoms with Crippen molar-refractivity contribution in [3.63, 3.8) is 0 Å². The van der Waals surface area contributed by atoms with E-state index in [2.05, 4.69) is 94.6 Å². The van der Waals surface area contributed by atoms with E-state index < -0.39 is 14.6 Å². The molecule has 0 amide bonds. The molecule has 0 saturated heterocycles. The molecule has 2 rings (SSSR count). The van der Waals surface area contributed by atoms with Crippen molar-refractivity contribution >= 4 is 18.7 Å². The van der Waals surface area contributed by atoms with Crippen molar-refractivity contribution in [3.05, 3.63) is 86.0 Å². The standard InChI is InChI=1S/C27H38O3Si/c1-8-16-23(30-26(9-2)29-22(3)4)21-28-31(27(5,6)7,24-17-12-10-13-18-24)25-19-14-11-15-20-25/h8-15,17-20,22-23,26H,1-2,16,21H2,3-7H3/t23-,26?/m1/s1. The molecule has 0 radical (unpaired) electrons. The van der Waals surface area contributed by atoms with Crippen molar-refractivity contribution in [1.82, 2.24) is 0 Å². The summed E-state index contributed by atoms with van der Waals surface area (Å²) in [5.41, 5.74) is 0. The molecule has 2 aromatic rings. The predicted octanol–water partition coefficient (Wildman–Crippen LogP) is 5.46. The van der Waals surface area contributed by atoms with E-state index in [9.17, 15) is 0 Å². The van der Waals surface area contributed by atoms with E-state index in [1.165, 1.54) is 10.4 Å². The van der Waals surface area contributed by atoms with Gasteiger partial charge in [-0.25, -0.2) is 0 Å². The number of benzene rings is 2. The molecule has 2 atom stereocenters. The third-order valence-electron chi connectivity index (χ3n) is 5.26. The van der Waals surface area contributed by atoms with Crippen molar-refractivity contribution < 1.29 is 13.9 Å². The molecule has 0 heterocycles. The quantitative estimate of drug-likeness (QED) is 0.250. The third-order valence-corrected chi connectivity index (χ3v) is 10.3. The molecular weight excluding hydrogens is 400 g/mol. The summed E-state index contributed by atoms with van der Waals surface area (Å²) in [5, 5.41) is 2.43. The molecule has 168 valence electrons. The highest BCUT2D eigenvalue weighted by Gasteiger charge is 2.50. The summed E-state index contributed by atoms with van der Waals surface area (Å²) >= 11 is 0. The highest BCUT2D eigenvalue weighted by Crippen LogP contribution is 2.37. The van der Waals surface area contributed by atoms with Crippen LogP contribution in [0.15, 0.2) is 86.0 Å². The zero-order valence-corrected chi connectivity index (χ0v) is 20.7. The Morgan fingerprint density at radius 1 is 0.871 bits per heavy atom. The summed E-state index contributed by atoms with van der Waals surface area (Å²) < 4.78 is 19.1. The van der Waals surface area contributed by atoms with Crippen LogP contribution in [0.2, 0.25) is 5.04 Å². The van der Waals surface area contributed by atoms with Gasteiger partial charge in [-0.3, -0.25) is 0 Å².